The van der Waals surface area contributed by atoms with E-state index in [1.54, 1.807) is 23.0 Å². The molecule has 0 aliphatic carbocycles. The molecule has 7 nitrogen and oxygen atoms in total. The topological polar surface area (TPSA) is 85.3 Å². The fraction of sp³-hybridized carbons (Fsp3) is 0.130. The molecule has 7 heteroatoms. The molecule has 0 bridgehead atoms. The van der Waals surface area contributed by atoms with Crippen LogP contribution in [0.2, 0.25) is 0 Å². The fourth-order valence-corrected chi connectivity index (χ4v) is 3.37. The number of hydrogen-bond acceptors (Lipinski definition) is 5. The Morgan fingerprint density at radius 3 is 2.80 bits per heavy atom. The number of carbonyl (C=O) groups is 1. The third-order valence-electron chi connectivity index (χ3n) is 5.06. The van der Waals surface area contributed by atoms with Gasteiger partial charge in [-0.2, -0.15) is 0 Å². The van der Waals surface area contributed by atoms with Gasteiger partial charge in [0.25, 0.3) is 5.91 Å². The first-order chi connectivity index (χ1) is 14.6. The second kappa shape index (κ2) is 7.11. The van der Waals surface area contributed by atoms with E-state index >= 15 is 0 Å². The minimum Gasteiger partial charge on any atom is -0.436 e. The molecule has 0 aliphatic heterocycles. The molecule has 0 spiro atoms. The molecule has 148 valence electrons. The minimum absolute atomic E-state index is 0.170. The Bertz CT molecular complexity index is 1370. The molecular weight excluding hydrogens is 378 g/mol. The van der Waals surface area contributed by atoms with Crippen molar-refractivity contribution in [2.24, 2.45) is 0 Å². The van der Waals surface area contributed by atoms with Crippen molar-refractivity contribution in [3.8, 4) is 11.5 Å². The fourth-order valence-electron chi connectivity index (χ4n) is 3.37. The summed E-state index contributed by atoms with van der Waals surface area (Å²) in [4.78, 5) is 25.4. The molecule has 1 atom stereocenters. The molecule has 0 saturated carbocycles. The van der Waals surface area contributed by atoms with Gasteiger partial charge in [0.15, 0.2) is 5.58 Å². The lowest BCUT2D eigenvalue weighted by Gasteiger charge is -2.14. The van der Waals surface area contributed by atoms with Crippen LogP contribution in [0.5, 0.6) is 0 Å². The van der Waals surface area contributed by atoms with Gasteiger partial charge in [-0.15, -0.1) is 0 Å². The van der Waals surface area contributed by atoms with Gasteiger partial charge in [-0.05, 0) is 49.2 Å². The summed E-state index contributed by atoms with van der Waals surface area (Å²) in [6.07, 6.45) is 6.65. The van der Waals surface area contributed by atoms with E-state index in [9.17, 15) is 4.79 Å². The molecular formula is C23H19N5O2. The zero-order valence-electron chi connectivity index (χ0n) is 16.5. The van der Waals surface area contributed by atoms with Gasteiger partial charge in [-0.25, -0.2) is 15.0 Å². The normalized spacial score (nSPS) is 12.3. The number of aromatic nitrogens is 4. The Kier molecular flexibility index (Phi) is 4.28. The molecule has 3 aromatic heterocycles. The monoisotopic (exact) mass is 397 g/mol. The van der Waals surface area contributed by atoms with Gasteiger partial charge >= 0.3 is 0 Å². The quantitative estimate of drug-likeness (QED) is 0.488. The van der Waals surface area contributed by atoms with E-state index in [2.05, 4.69) is 20.3 Å². The number of benzene rings is 2. The maximum atomic E-state index is 12.6. The van der Waals surface area contributed by atoms with Crippen molar-refractivity contribution >= 4 is 22.8 Å². The molecule has 0 radical (unpaired) electrons. The molecule has 1 N–H and O–H groups in total. The Hall–Kier alpha value is -4.00. The second-order valence-electron chi connectivity index (χ2n) is 7.28. The van der Waals surface area contributed by atoms with Crippen LogP contribution in [0.4, 0.5) is 0 Å². The smallest absolute Gasteiger partial charge is 0.254 e. The van der Waals surface area contributed by atoms with Crippen molar-refractivity contribution in [1.29, 1.82) is 0 Å². The SMILES string of the molecule is Cc1ccc2nc(-c3ccc(C(C)NC(=O)c4cnc5nccn5c4)cc3)oc2c1. The average Bonchev–Trinajstić information content (AvgIpc) is 3.39. The summed E-state index contributed by atoms with van der Waals surface area (Å²) in [6.45, 7) is 3.97. The van der Waals surface area contributed by atoms with Gasteiger partial charge in [-0.1, -0.05) is 18.2 Å². The highest BCUT2D eigenvalue weighted by molar-refractivity contribution is 5.94. The summed E-state index contributed by atoms with van der Waals surface area (Å²) in [5.74, 6) is 0.951. The van der Waals surface area contributed by atoms with Crippen molar-refractivity contribution in [2.75, 3.05) is 0 Å². The summed E-state index contributed by atoms with van der Waals surface area (Å²) in [5.41, 5.74) is 5.09. The van der Waals surface area contributed by atoms with E-state index in [1.165, 1.54) is 6.20 Å². The van der Waals surface area contributed by atoms with Crippen LogP contribution in [0, 0.1) is 6.92 Å². The molecule has 3 heterocycles. The average molecular weight is 397 g/mol. The maximum Gasteiger partial charge on any atom is 0.254 e. The number of oxazole rings is 1. The van der Waals surface area contributed by atoms with Gasteiger partial charge in [0.1, 0.15) is 5.52 Å². The van der Waals surface area contributed by atoms with Crippen LogP contribution < -0.4 is 5.32 Å². The number of carbonyl (C=O) groups excluding carboxylic acids is 1. The predicted octanol–water partition coefficient (Wildman–Crippen LogP) is 4.34. The maximum absolute atomic E-state index is 12.6. The first kappa shape index (κ1) is 18.1. The van der Waals surface area contributed by atoms with Gasteiger partial charge in [0.2, 0.25) is 11.7 Å². The number of fused-ring (bicyclic) bond motifs is 2. The highest BCUT2D eigenvalue weighted by Crippen LogP contribution is 2.26. The second-order valence-corrected chi connectivity index (χ2v) is 7.28. The zero-order valence-corrected chi connectivity index (χ0v) is 16.5. The number of nitrogens with one attached hydrogen (secondary N) is 1. The Morgan fingerprint density at radius 2 is 1.97 bits per heavy atom. The number of imidazole rings is 1. The standard InChI is InChI=1S/C23H19N5O2/c1-14-3-8-19-20(11-14)30-22(27-19)17-6-4-16(5-7-17)15(2)26-21(29)18-12-25-23-24-9-10-28(23)13-18/h3-13,15H,1-2H3,(H,26,29). The number of amides is 1. The molecule has 2 aromatic carbocycles. The predicted molar refractivity (Wildman–Crippen MR) is 113 cm³/mol. The Balaban J connectivity index is 1.33. The first-order valence-corrected chi connectivity index (χ1v) is 9.64. The number of aryl methyl sites for hydroxylation is 1. The Labute approximate surface area is 172 Å². The van der Waals surface area contributed by atoms with Crippen molar-refractivity contribution in [3.63, 3.8) is 0 Å². The lowest BCUT2D eigenvalue weighted by atomic mass is 10.1. The molecule has 1 amide bonds. The van der Waals surface area contributed by atoms with E-state index in [-0.39, 0.29) is 11.9 Å². The lowest BCUT2D eigenvalue weighted by molar-refractivity contribution is 0.0939. The summed E-state index contributed by atoms with van der Waals surface area (Å²) in [5, 5.41) is 3.00. The van der Waals surface area contributed by atoms with E-state index in [1.807, 2.05) is 56.3 Å². The summed E-state index contributed by atoms with van der Waals surface area (Å²) < 4.78 is 7.61. The highest BCUT2D eigenvalue weighted by atomic mass is 16.3. The molecule has 0 fully saturated rings. The van der Waals surface area contributed by atoms with Crippen LogP contribution in [0.1, 0.15) is 34.5 Å². The van der Waals surface area contributed by atoms with Gasteiger partial charge in [-0.3, -0.25) is 9.20 Å². The molecule has 1 unspecified atom stereocenters. The molecule has 0 saturated heterocycles. The third kappa shape index (κ3) is 3.30. The molecule has 5 aromatic rings. The van der Waals surface area contributed by atoms with Gasteiger partial charge < -0.3 is 9.73 Å². The summed E-state index contributed by atoms with van der Waals surface area (Å²) in [6, 6.07) is 13.6. The largest absolute Gasteiger partial charge is 0.436 e. The Morgan fingerprint density at radius 1 is 1.13 bits per heavy atom. The van der Waals surface area contributed by atoms with Crippen LogP contribution in [-0.4, -0.2) is 25.3 Å². The molecule has 0 aliphatic rings. The summed E-state index contributed by atoms with van der Waals surface area (Å²) >= 11 is 0. The third-order valence-corrected chi connectivity index (χ3v) is 5.06. The van der Waals surface area contributed by atoms with Crippen molar-refractivity contribution in [3.05, 3.63) is 83.9 Å². The molecule has 30 heavy (non-hydrogen) atoms. The first-order valence-electron chi connectivity index (χ1n) is 9.64. The van der Waals surface area contributed by atoms with Crippen LogP contribution >= 0.6 is 0 Å². The molecule has 5 rings (SSSR count). The zero-order chi connectivity index (χ0) is 20.7. The van der Waals surface area contributed by atoms with Crippen LogP contribution in [0.15, 0.2) is 71.7 Å². The van der Waals surface area contributed by atoms with E-state index < -0.39 is 0 Å². The number of rotatable bonds is 4. The lowest BCUT2D eigenvalue weighted by Crippen LogP contribution is -2.27. The van der Waals surface area contributed by atoms with Crippen LogP contribution in [0.25, 0.3) is 28.3 Å². The number of nitrogens with zero attached hydrogens (tertiary/aromatic N) is 4. The van der Waals surface area contributed by atoms with E-state index in [0.717, 1.165) is 27.8 Å². The van der Waals surface area contributed by atoms with Crippen molar-refractivity contribution in [2.45, 2.75) is 19.9 Å². The van der Waals surface area contributed by atoms with E-state index in [0.29, 0.717) is 17.2 Å². The van der Waals surface area contributed by atoms with Crippen molar-refractivity contribution < 1.29 is 9.21 Å². The summed E-state index contributed by atoms with van der Waals surface area (Å²) in [7, 11) is 0. The van der Waals surface area contributed by atoms with Gasteiger partial charge in [0.05, 0.1) is 11.6 Å². The highest BCUT2D eigenvalue weighted by Gasteiger charge is 2.14. The van der Waals surface area contributed by atoms with Crippen molar-refractivity contribution in [1.82, 2.24) is 24.7 Å². The van der Waals surface area contributed by atoms with E-state index in [4.69, 9.17) is 4.42 Å². The van der Waals surface area contributed by atoms with Crippen LogP contribution in [0.3, 0.4) is 0 Å². The van der Waals surface area contributed by atoms with Gasteiger partial charge in [0, 0.05) is 30.4 Å². The number of hydrogen-bond donors (Lipinski definition) is 1. The van der Waals surface area contributed by atoms with Crippen LogP contribution in [-0.2, 0) is 0 Å². The minimum atomic E-state index is -0.191.